The van der Waals surface area contributed by atoms with Gasteiger partial charge in [-0.05, 0) is 19.8 Å². The minimum absolute atomic E-state index is 0. The third-order valence-corrected chi connectivity index (χ3v) is 3.80. The van der Waals surface area contributed by atoms with E-state index in [1.807, 2.05) is 17.7 Å². The minimum atomic E-state index is -0.350. The maximum absolute atomic E-state index is 12.1. The molecule has 2 rings (SSSR count). The highest BCUT2D eigenvalue weighted by molar-refractivity contribution is 5.85. The number of nitrogens with two attached hydrogens (primary N) is 1. The molecule has 1 aromatic rings. The number of amides is 1. The quantitative estimate of drug-likeness (QED) is 0.887. The molecule has 1 fully saturated rings. The first kappa shape index (κ1) is 19.2. The van der Waals surface area contributed by atoms with Gasteiger partial charge in [0.1, 0.15) is 0 Å². The number of rotatable bonds is 4. The molecule has 0 radical (unpaired) electrons. The number of nitrogens with zero attached hydrogens (tertiary/aromatic N) is 2. The molecule has 0 spiro atoms. The second-order valence-electron chi connectivity index (χ2n) is 5.40. The number of aromatic nitrogens is 2. The van der Waals surface area contributed by atoms with E-state index in [1.54, 1.807) is 12.5 Å². The van der Waals surface area contributed by atoms with Gasteiger partial charge in [-0.25, -0.2) is 4.98 Å². The molecule has 2 atom stereocenters. The van der Waals surface area contributed by atoms with E-state index in [9.17, 15) is 4.79 Å². The fourth-order valence-corrected chi connectivity index (χ4v) is 2.64. The van der Waals surface area contributed by atoms with E-state index in [1.165, 1.54) is 0 Å². The number of carbonyl (C=O) groups excluding carboxylic acids is 1. The van der Waals surface area contributed by atoms with Crippen molar-refractivity contribution in [3.63, 3.8) is 0 Å². The van der Waals surface area contributed by atoms with Gasteiger partial charge in [0, 0.05) is 31.0 Å². The molecule has 1 heterocycles. The van der Waals surface area contributed by atoms with Crippen molar-refractivity contribution in [3.8, 4) is 0 Å². The first-order valence-electron chi connectivity index (χ1n) is 6.62. The van der Waals surface area contributed by atoms with E-state index < -0.39 is 0 Å². The molecule has 1 aromatic heterocycles. The standard InChI is InChI=1S/C13H22N4O.2ClH/c1-13(14)5-3-2-4-11(13)12(18)16-7-9-17-8-6-15-10-17;;/h6,8,10-11H,2-5,7,9,14H2,1H3,(H,16,18);2*1H. The molecule has 20 heavy (non-hydrogen) atoms. The average Bonchev–Trinajstić information content (AvgIpc) is 2.81. The Morgan fingerprint density at radius 1 is 1.50 bits per heavy atom. The van der Waals surface area contributed by atoms with Crippen LogP contribution in [0.25, 0.3) is 0 Å². The summed E-state index contributed by atoms with van der Waals surface area (Å²) in [6, 6.07) is 0. The zero-order valence-corrected chi connectivity index (χ0v) is 13.4. The van der Waals surface area contributed by atoms with Gasteiger partial charge in [-0.2, -0.15) is 0 Å². The van der Waals surface area contributed by atoms with Crippen LogP contribution in [0.15, 0.2) is 18.7 Å². The lowest BCUT2D eigenvalue weighted by Crippen LogP contribution is -2.53. The van der Waals surface area contributed by atoms with Gasteiger partial charge in [-0.3, -0.25) is 4.79 Å². The van der Waals surface area contributed by atoms with Gasteiger partial charge in [0.25, 0.3) is 0 Å². The van der Waals surface area contributed by atoms with E-state index in [-0.39, 0.29) is 42.2 Å². The Balaban J connectivity index is 0.00000180. The van der Waals surface area contributed by atoms with Gasteiger partial charge in [0.05, 0.1) is 12.2 Å². The highest BCUT2D eigenvalue weighted by atomic mass is 35.5. The topological polar surface area (TPSA) is 72.9 Å². The second-order valence-corrected chi connectivity index (χ2v) is 5.40. The van der Waals surface area contributed by atoms with Crippen LogP contribution in [0, 0.1) is 5.92 Å². The molecule has 1 saturated carbocycles. The Bertz CT molecular complexity index is 395. The van der Waals surface area contributed by atoms with Crippen molar-refractivity contribution in [2.45, 2.75) is 44.7 Å². The van der Waals surface area contributed by atoms with Crippen molar-refractivity contribution >= 4 is 30.7 Å². The van der Waals surface area contributed by atoms with Crippen LogP contribution in [-0.2, 0) is 11.3 Å². The lowest BCUT2D eigenvalue weighted by Gasteiger charge is -2.37. The molecule has 1 aliphatic rings. The van der Waals surface area contributed by atoms with Crippen LogP contribution in [-0.4, -0.2) is 27.5 Å². The Kier molecular flexibility index (Phi) is 8.16. The fourth-order valence-electron chi connectivity index (χ4n) is 2.64. The van der Waals surface area contributed by atoms with Crippen molar-refractivity contribution in [1.29, 1.82) is 0 Å². The lowest BCUT2D eigenvalue weighted by molar-refractivity contribution is -0.128. The molecular weight excluding hydrogens is 299 g/mol. The number of halogens is 2. The average molecular weight is 323 g/mol. The van der Waals surface area contributed by atoms with Gasteiger partial charge in [0.15, 0.2) is 0 Å². The Morgan fingerprint density at radius 2 is 2.25 bits per heavy atom. The first-order chi connectivity index (χ1) is 8.59. The molecular formula is C13H24Cl2N4O. The molecule has 116 valence electrons. The zero-order valence-electron chi connectivity index (χ0n) is 11.7. The summed E-state index contributed by atoms with van der Waals surface area (Å²) in [5.74, 6) is 0.0499. The molecule has 0 saturated heterocycles. The molecule has 2 unspecified atom stereocenters. The smallest absolute Gasteiger partial charge is 0.225 e. The minimum Gasteiger partial charge on any atom is -0.354 e. The van der Waals surface area contributed by atoms with Gasteiger partial charge < -0.3 is 15.6 Å². The second kappa shape index (κ2) is 8.49. The molecule has 7 heteroatoms. The van der Waals surface area contributed by atoms with Gasteiger partial charge in [-0.15, -0.1) is 24.8 Å². The summed E-state index contributed by atoms with van der Waals surface area (Å²) in [4.78, 5) is 16.1. The number of hydrogen-bond acceptors (Lipinski definition) is 3. The van der Waals surface area contributed by atoms with E-state index in [0.29, 0.717) is 6.54 Å². The molecule has 1 amide bonds. The third-order valence-electron chi connectivity index (χ3n) is 3.80. The van der Waals surface area contributed by atoms with Crippen LogP contribution >= 0.6 is 24.8 Å². The van der Waals surface area contributed by atoms with Crippen LogP contribution in [0.3, 0.4) is 0 Å². The van der Waals surface area contributed by atoms with Gasteiger partial charge >= 0.3 is 0 Å². The highest BCUT2D eigenvalue weighted by Gasteiger charge is 2.37. The molecule has 0 aliphatic heterocycles. The van der Waals surface area contributed by atoms with Crippen LogP contribution in [0.4, 0.5) is 0 Å². The molecule has 0 aromatic carbocycles. The zero-order chi connectivity index (χ0) is 13.0. The number of hydrogen-bond donors (Lipinski definition) is 2. The predicted molar refractivity (Wildman–Crippen MR) is 84.3 cm³/mol. The highest BCUT2D eigenvalue weighted by Crippen LogP contribution is 2.31. The SMILES string of the molecule is CC1(N)CCCCC1C(=O)NCCn1ccnc1.Cl.Cl. The number of imidazole rings is 1. The summed E-state index contributed by atoms with van der Waals surface area (Å²) in [5.41, 5.74) is 5.86. The van der Waals surface area contributed by atoms with Crippen LogP contribution in [0.5, 0.6) is 0 Å². The fraction of sp³-hybridized carbons (Fsp3) is 0.692. The van der Waals surface area contributed by atoms with Crippen molar-refractivity contribution in [1.82, 2.24) is 14.9 Å². The summed E-state index contributed by atoms with van der Waals surface area (Å²) >= 11 is 0. The summed E-state index contributed by atoms with van der Waals surface area (Å²) < 4.78 is 1.95. The van der Waals surface area contributed by atoms with E-state index in [4.69, 9.17) is 5.73 Å². The predicted octanol–water partition coefficient (Wildman–Crippen LogP) is 1.75. The van der Waals surface area contributed by atoms with Crippen molar-refractivity contribution in [3.05, 3.63) is 18.7 Å². The molecule has 3 N–H and O–H groups in total. The summed E-state index contributed by atoms with van der Waals surface area (Å²) in [5, 5.41) is 2.98. The third kappa shape index (κ3) is 4.96. The molecule has 5 nitrogen and oxygen atoms in total. The summed E-state index contributed by atoms with van der Waals surface area (Å²) in [7, 11) is 0. The van der Waals surface area contributed by atoms with Crippen molar-refractivity contribution < 1.29 is 4.79 Å². The summed E-state index contributed by atoms with van der Waals surface area (Å²) in [6.07, 6.45) is 9.45. The van der Waals surface area contributed by atoms with Crippen LogP contribution < -0.4 is 11.1 Å². The number of nitrogens with one attached hydrogen (secondary N) is 1. The van der Waals surface area contributed by atoms with Crippen molar-refractivity contribution in [2.24, 2.45) is 11.7 Å². The Labute approximate surface area is 132 Å². The van der Waals surface area contributed by atoms with Crippen molar-refractivity contribution in [2.75, 3.05) is 6.54 Å². The maximum Gasteiger partial charge on any atom is 0.225 e. The normalized spacial score (nSPS) is 25.2. The monoisotopic (exact) mass is 322 g/mol. The van der Waals surface area contributed by atoms with Crippen LogP contribution in [0.2, 0.25) is 0 Å². The Hall–Kier alpha value is -0.780. The lowest BCUT2D eigenvalue weighted by atomic mass is 9.74. The van der Waals surface area contributed by atoms with Crippen LogP contribution in [0.1, 0.15) is 32.6 Å². The van der Waals surface area contributed by atoms with Gasteiger partial charge in [-0.1, -0.05) is 12.8 Å². The summed E-state index contributed by atoms with van der Waals surface area (Å²) in [6.45, 7) is 3.37. The van der Waals surface area contributed by atoms with Gasteiger partial charge in [0.2, 0.25) is 5.91 Å². The Morgan fingerprint density at radius 3 is 2.85 bits per heavy atom. The van der Waals surface area contributed by atoms with E-state index in [2.05, 4.69) is 10.3 Å². The van der Waals surface area contributed by atoms with E-state index in [0.717, 1.165) is 32.2 Å². The maximum atomic E-state index is 12.1. The van der Waals surface area contributed by atoms with E-state index >= 15 is 0 Å². The number of carbonyl (C=O) groups is 1. The molecule has 0 bridgehead atoms. The first-order valence-corrected chi connectivity index (χ1v) is 6.62. The largest absolute Gasteiger partial charge is 0.354 e. The molecule has 1 aliphatic carbocycles.